The third-order valence-corrected chi connectivity index (χ3v) is 5.70. The SMILES string of the molecule is CN(Cc1ccccc1Br)CC1(CS)CCCCC1. The molecule has 0 amide bonds. The largest absolute Gasteiger partial charge is 0.301 e. The van der Waals surface area contributed by atoms with Crippen molar-refractivity contribution in [1.29, 1.82) is 0 Å². The Morgan fingerprint density at radius 1 is 1.21 bits per heavy atom. The van der Waals surface area contributed by atoms with E-state index in [4.69, 9.17) is 0 Å². The molecule has 0 N–H and O–H groups in total. The number of benzene rings is 1. The van der Waals surface area contributed by atoms with Gasteiger partial charge in [0.25, 0.3) is 0 Å². The van der Waals surface area contributed by atoms with Gasteiger partial charge in [0.1, 0.15) is 0 Å². The van der Waals surface area contributed by atoms with E-state index in [1.54, 1.807) is 0 Å². The number of hydrogen-bond donors (Lipinski definition) is 1. The number of hydrogen-bond acceptors (Lipinski definition) is 2. The van der Waals surface area contributed by atoms with Crippen molar-refractivity contribution in [2.24, 2.45) is 5.41 Å². The summed E-state index contributed by atoms with van der Waals surface area (Å²) < 4.78 is 1.21. The number of halogens is 1. The molecule has 0 atom stereocenters. The van der Waals surface area contributed by atoms with Gasteiger partial charge in [-0.1, -0.05) is 53.4 Å². The maximum absolute atomic E-state index is 4.63. The highest BCUT2D eigenvalue weighted by molar-refractivity contribution is 9.10. The Labute approximate surface area is 131 Å². The highest BCUT2D eigenvalue weighted by Crippen LogP contribution is 2.38. The fourth-order valence-corrected chi connectivity index (χ4v) is 4.04. The maximum atomic E-state index is 4.63. The summed E-state index contributed by atoms with van der Waals surface area (Å²) in [5.41, 5.74) is 1.81. The lowest BCUT2D eigenvalue weighted by molar-refractivity contribution is 0.140. The molecule has 3 heteroatoms. The number of nitrogens with zero attached hydrogens (tertiary/aromatic N) is 1. The van der Waals surface area contributed by atoms with Crippen LogP contribution in [0.15, 0.2) is 28.7 Å². The summed E-state index contributed by atoms with van der Waals surface area (Å²) in [4.78, 5) is 2.46. The molecule has 106 valence electrons. The lowest BCUT2D eigenvalue weighted by atomic mass is 9.75. The minimum atomic E-state index is 0.442. The molecule has 1 fully saturated rings. The lowest BCUT2D eigenvalue weighted by Gasteiger charge is -2.39. The van der Waals surface area contributed by atoms with Gasteiger partial charge in [0.15, 0.2) is 0 Å². The van der Waals surface area contributed by atoms with Crippen molar-refractivity contribution >= 4 is 28.6 Å². The van der Waals surface area contributed by atoms with Crippen LogP contribution in [-0.4, -0.2) is 24.2 Å². The van der Waals surface area contributed by atoms with Crippen molar-refractivity contribution < 1.29 is 0 Å². The predicted molar refractivity (Wildman–Crippen MR) is 89.8 cm³/mol. The first kappa shape index (κ1) is 15.4. The molecule has 1 aromatic carbocycles. The van der Waals surface area contributed by atoms with E-state index in [2.05, 4.69) is 64.8 Å². The van der Waals surface area contributed by atoms with E-state index in [0.29, 0.717) is 5.41 Å². The zero-order valence-electron chi connectivity index (χ0n) is 11.7. The van der Waals surface area contributed by atoms with Gasteiger partial charge in [0.05, 0.1) is 0 Å². The first-order chi connectivity index (χ1) is 9.15. The molecule has 1 nitrogen and oxygen atoms in total. The second-order valence-corrected chi connectivity index (χ2v) is 7.15. The van der Waals surface area contributed by atoms with Gasteiger partial charge in [-0.15, -0.1) is 0 Å². The van der Waals surface area contributed by atoms with Crippen molar-refractivity contribution in [2.45, 2.75) is 38.6 Å². The molecule has 0 heterocycles. The van der Waals surface area contributed by atoms with E-state index < -0.39 is 0 Å². The van der Waals surface area contributed by atoms with Crippen LogP contribution >= 0.6 is 28.6 Å². The van der Waals surface area contributed by atoms with Crippen molar-refractivity contribution in [2.75, 3.05) is 19.3 Å². The van der Waals surface area contributed by atoms with Gasteiger partial charge in [-0.05, 0) is 42.7 Å². The first-order valence-electron chi connectivity index (χ1n) is 7.18. The zero-order chi connectivity index (χ0) is 13.7. The molecule has 2 rings (SSSR count). The molecule has 1 aromatic rings. The summed E-state index contributed by atoms with van der Waals surface area (Å²) in [6.07, 6.45) is 6.85. The Hall–Kier alpha value is 0.01000. The predicted octanol–water partition coefficient (Wildman–Crippen LogP) is 4.76. The van der Waals surface area contributed by atoms with Crippen LogP contribution in [0.2, 0.25) is 0 Å². The number of thiol groups is 1. The van der Waals surface area contributed by atoms with Crippen LogP contribution in [0.5, 0.6) is 0 Å². The van der Waals surface area contributed by atoms with Crippen LogP contribution < -0.4 is 0 Å². The first-order valence-corrected chi connectivity index (χ1v) is 8.61. The van der Waals surface area contributed by atoms with Crippen LogP contribution in [0.3, 0.4) is 0 Å². The molecule has 19 heavy (non-hydrogen) atoms. The summed E-state index contributed by atoms with van der Waals surface area (Å²) in [6.45, 7) is 2.18. The summed E-state index contributed by atoms with van der Waals surface area (Å²) in [6, 6.07) is 8.51. The fraction of sp³-hybridized carbons (Fsp3) is 0.625. The van der Waals surface area contributed by atoms with Crippen molar-refractivity contribution in [1.82, 2.24) is 4.90 Å². The van der Waals surface area contributed by atoms with Gasteiger partial charge in [-0.25, -0.2) is 0 Å². The van der Waals surface area contributed by atoms with E-state index in [9.17, 15) is 0 Å². The van der Waals surface area contributed by atoms with Gasteiger partial charge in [-0.2, -0.15) is 12.6 Å². The molecule has 1 aliphatic carbocycles. The topological polar surface area (TPSA) is 3.24 Å². The Morgan fingerprint density at radius 2 is 1.89 bits per heavy atom. The molecule has 1 saturated carbocycles. The van der Waals surface area contributed by atoms with E-state index in [1.807, 2.05) is 0 Å². The standard InChI is InChI=1S/C16H24BrNS/c1-18(11-14-7-3-4-8-15(14)17)12-16(13-19)9-5-2-6-10-16/h3-4,7-8,19H,2,5-6,9-13H2,1H3. The second kappa shape index (κ2) is 7.14. The van der Waals surface area contributed by atoms with Crippen LogP contribution in [0, 0.1) is 5.41 Å². The van der Waals surface area contributed by atoms with E-state index in [1.165, 1.54) is 42.1 Å². The Kier molecular flexibility index (Phi) is 5.79. The minimum absolute atomic E-state index is 0.442. The average molecular weight is 342 g/mol. The van der Waals surface area contributed by atoms with Crippen molar-refractivity contribution in [3.63, 3.8) is 0 Å². The summed E-state index contributed by atoms with van der Waals surface area (Å²) in [5.74, 6) is 1.02. The van der Waals surface area contributed by atoms with Crippen molar-refractivity contribution in [3.8, 4) is 0 Å². The Morgan fingerprint density at radius 3 is 2.53 bits per heavy atom. The highest BCUT2D eigenvalue weighted by atomic mass is 79.9. The minimum Gasteiger partial charge on any atom is -0.301 e. The highest BCUT2D eigenvalue weighted by Gasteiger charge is 2.31. The smallest absolute Gasteiger partial charge is 0.0242 e. The Balaban J connectivity index is 1.96. The molecular weight excluding hydrogens is 318 g/mol. The summed E-state index contributed by atoms with van der Waals surface area (Å²) >= 11 is 8.27. The monoisotopic (exact) mass is 341 g/mol. The van der Waals surface area contributed by atoms with Gasteiger partial charge in [-0.3, -0.25) is 0 Å². The van der Waals surface area contributed by atoms with Gasteiger partial charge >= 0.3 is 0 Å². The Bertz CT molecular complexity index is 401. The van der Waals surface area contributed by atoms with E-state index in [0.717, 1.165) is 18.8 Å². The normalized spacial score (nSPS) is 18.7. The molecule has 0 spiro atoms. The van der Waals surface area contributed by atoms with Gasteiger partial charge < -0.3 is 4.90 Å². The average Bonchev–Trinajstić information content (AvgIpc) is 2.42. The van der Waals surface area contributed by atoms with E-state index >= 15 is 0 Å². The molecule has 1 aliphatic rings. The number of rotatable bonds is 5. The summed E-state index contributed by atoms with van der Waals surface area (Å²) in [5, 5.41) is 0. The van der Waals surface area contributed by atoms with Crippen LogP contribution in [0.1, 0.15) is 37.7 Å². The van der Waals surface area contributed by atoms with Crippen LogP contribution in [0.25, 0.3) is 0 Å². The maximum Gasteiger partial charge on any atom is 0.0242 e. The molecule has 0 saturated heterocycles. The van der Waals surface area contributed by atoms with Gasteiger partial charge in [0, 0.05) is 17.6 Å². The van der Waals surface area contributed by atoms with Gasteiger partial charge in [0.2, 0.25) is 0 Å². The third kappa shape index (κ3) is 4.24. The molecular formula is C16H24BrNS. The fourth-order valence-electron chi connectivity index (χ4n) is 3.21. The molecule has 0 aromatic heterocycles. The zero-order valence-corrected chi connectivity index (χ0v) is 14.2. The lowest BCUT2D eigenvalue weighted by Crippen LogP contribution is -2.38. The third-order valence-electron chi connectivity index (χ3n) is 4.25. The second-order valence-electron chi connectivity index (χ2n) is 5.98. The summed E-state index contributed by atoms with van der Waals surface area (Å²) in [7, 11) is 2.24. The quantitative estimate of drug-likeness (QED) is 0.755. The van der Waals surface area contributed by atoms with E-state index in [-0.39, 0.29) is 0 Å². The molecule has 0 radical (unpaired) electrons. The molecule has 0 bridgehead atoms. The molecule has 0 unspecified atom stereocenters. The van der Waals surface area contributed by atoms with Crippen molar-refractivity contribution in [3.05, 3.63) is 34.3 Å². The van der Waals surface area contributed by atoms with Crippen LogP contribution in [0.4, 0.5) is 0 Å². The van der Waals surface area contributed by atoms with Crippen LogP contribution in [-0.2, 0) is 6.54 Å². The molecule has 0 aliphatic heterocycles.